The third kappa shape index (κ3) is 1.91. The van der Waals surface area contributed by atoms with E-state index in [4.69, 9.17) is 5.73 Å². The maximum Gasteiger partial charge on any atom is 0.336 e. The fourth-order valence-electron chi connectivity index (χ4n) is 2.22. The molecule has 0 aliphatic carbocycles. The second-order valence-electron chi connectivity index (χ2n) is 3.98. The van der Waals surface area contributed by atoms with Crippen LogP contribution in [0.4, 0.5) is 0 Å². The molecule has 0 saturated carbocycles. The number of carboxylic acids is 1. The van der Waals surface area contributed by atoms with Crippen LogP contribution in [0, 0.1) is 0 Å². The molecule has 4 heteroatoms. The molecule has 2 rings (SSSR count). The first kappa shape index (κ1) is 11.7. The summed E-state index contributed by atoms with van der Waals surface area (Å²) in [5, 5.41) is 10.0. The van der Waals surface area contributed by atoms with Crippen LogP contribution in [-0.2, 0) is 13.0 Å². The molecular formula is C13H16N2O2. The first-order chi connectivity index (χ1) is 8.19. The molecule has 1 aromatic carbocycles. The second-order valence-corrected chi connectivity index (χ2v) is 3.98. The Labute approximate surface area is 99.7 Å². The summed E-state index contributed by atoms with van der Waals surface area (Å²) in [5.41, 5.74) is 7.92. The third-order valence-corrected chi connectivity index (χ3v) is 2.97. The van der Waals surface area contributed by atoms with Crippen molar-refractivity contribution < 1.29 is 9.90 Å². The van der Waals surface area contributed by atoms with Gasteiger partial charge in [0.25, 0.3) is 0 Å². The van der Waals surface area contributed by atoms with Crippen LogP contribution in [0.1, 0.15) is 22.8 Å². The predicted octanol–water partition coefficient (Wildman–Crippen LogP) is 1.86. The number of aromatic nitrogens is 1. The number of benzene rings is 1. The summed E-state index contributed by atoms with van der Waals surface area (Å²) in [4.78, 5) is 11.2. The number of rotatable bonds is 4. The minimum atomic E-state index is -0.886. The van der Waals surface area contributed by atoms with E-state index in [1.165, 1.54) is 0 Å². The van der Waals surface area contributed by atoms with Crippen LogP contribution in [-0.4, -0.2) is 22.2 Å². The van der Waals surface area contributed by atoms with Gasteiger partial charge in [-0.1, -0.05) is 6.07 Å². The quantitative estimate of drug-likeness (QED) is 0.845. The van der Waals surface area contributed by atoms with Gasteiger partial charge < -0.3 is 15.4 Å². The van der Waals surface area contributed by atoms with Crippen LogP contribution >= 0.6 is 0 Å². The number of nitrogens with two attached hydrogens (primary N) is 1. The molecule has 17 heavy (non-hydrogen) atoms. The topological polar surface area (TPSA) is 68.2 Å². The number of fused-ring (bicyclic) bond motifs is 1. The largest absolute Gasteiger partial charge is 0.478 e. The molecule has 2 aromatic rings. The Morgan fingerprint density at radius 2 is 2.24 bits per heavy atom. The average molecular weight is 232 g/mol. The van der Waals surface area contributed by atoms with Crippen LogP contribution in [0.15, 0.2) is 24.4 Å². The third-order valence-electron chi connectivity index (χ3n) is 2.97. The molecule has 0 spiro atoms. The van der Waals surface area contributed by atoms with E-state index in [1.54, 1.807) is 12.1 Å². The summed E-state index contributed by atoms with van der Waals surface area (Å²) >= 11 is 0. The summed E-state index contributed by atoms with van der Waals surface area (Å²) in [6, 6.07) is 5.38. The summed E-state index contributed by atoms with van der Waals surface area (Å²) in [6.45, 7) is 3.39. The Kier molecular flexibility index (Phi) is 3.15. The highest BCUT2D eigenvalue weighted by atomic mass is 16.4. The summed E-state index contributed by atoms with van der Waals surface area (Å²) < 4.78 is 2.06. The van der Waals surface area contributed by atoms with Gasteiger partial charge >= 0.3 is 5.97 Å². The SMILES string of the molecule is CCn1cc(CCN)c2c(C(=O)O)cccc21. The van der Waals surface area contributed by atoms with Gasteiger partial charge in [-0.25, -0.2) is 4.79 Å². The van der Waals surface area contributed by atoms with Crippen molar-refractivity contribution >= 4 is 16.9 Å². The van der Waals surface area contributed by atoms with Gasteiger partial charge in [0.05, 0.1) is 5.56 Å². The molecule has 1 heterocycles. The highest BCUT2D eigenvalue weighted by molar-refractivity contribution is 6.04. The van der Waals surface area contributed by atoms with E-state index in [0.717, 1.165) is 23.0 Å². The molecule has 3 N–H and O–H groups in total. The van der Waals surface area contributed by atoms with Crippen molar-refractivity contribution in [3.63, 3.8) is 0 Å². The molecular weight excluding hydrogens is 216 g/mol. The molecule has 4 nitrogen and oxygen atoms in total. The van der Waals surface area contributed by atoms with E-state index in [1.807, 2.05) is 19.2 Å². The Balaban J connectivity index is 2.76. The van der Waals surface area contributed by atoms with Gasteiger partial charge in [0.15, 0.2) is 0 Å². The molecule has 0 amide bonds. The minimum absolute atomic E-state index is 0.359. The molecule has 0 fully saturated rings. The van der Waals surface area contributed by atoms with Crippen LogP contribution in [0.3, 0.4) is 0 Å². The fraction of sp³-hybridized carbons (Fsp3) is 0.308. The molecule has 0 bridgehead atoms. The summed E-state index contributed by atoms with van der Waals surface area (Å²) in [5.74, 6) is -0.886. The van der Waals surface area contributed by atoms with Crippen LogP contribution in [0.2, 0.25) is 0 Å². The van der Waals surface area contributed by atoms with Gasteiger partial charge in [-0.05, 0) is 37.6 Å². The molecule has 0 saturated heterocycles. The smallest absolute Gasteiger partial charge is 0.336 e. The number of carbonyl (C=O) groups is 1. The zero-order chi connectivity index (χ0) is 12.4. The molecule has 0 aliphatic rings. The molecule has 0 aliphatic heterocycles. The van der Waals surface area contributed by atoms with E-state index in [2.05, 4.69) is 4.57 Å². The normalized spacial score (nSPS) is 10.9. The van der Waals surface area contributed by atoms with Crippen LogP contribution < -0.4 is 5.73 Å². The first-order valence-electron chi connectivity index (χ1n) is 5.73. The zero-order valence-electron chi connectivity index (χ0n) is 9.81. The van der Waals surface area contributed by atoms with Crippen molar-refractivity contribution in [1.29, 1.82) is 0 Å². The molecule has 0 radical (unpaired) electrons. The van der Waals surface area contributed by atoms with Crippen LogP contribution in [0.25, 0.3) is 10.9 Å². The van der Waals surface area contributed by atoms with Gasteiger partial charge in [0, 0.05) is 23.6 Å². The monoisotopic (exact) mass is 232 g/mol. The highest BCUT2D eigenvalue weighted by Gasteiger charge is 2.15. The van der Waals surface area contributed by atoms with Gasteiger partial charge in [0.2, 0.25) is 0 Å². The van der Waals surface area contributed by atoms with Crippen molar-refractivity contribution in [1.82, 2.24) is 4.57 Å². The first-order valence-corrected chi connectivity index (χ1v) is 5.73. The second kappa shape index (κ2) is 4.59. The van der Waals surface area contributed by atoms with E-state index >= 15 is 0 Å². The Hall–Kier alpha value is -1.81. The minimum Gasteiger partial charge on any atom is -0.478 e. The maximum absolute atomic E-state index is 11.2. The van der Waals surface area contributed by atoms with Gasteiger partial charge in [-0.2, -0.15) is 0 Å². The van der Waals surface area contributed by atoms with Crippen molar-refractivity contribution in [2.24, 2.45) is 5.73 Å². The van der Waals surface area contributed by atoms with Gasteiger partial charge in [-0.3, -0.25) is 0 Å². The van der Waals surface area contributed by atoms with Crippen molar-refractivity contribution in [2.45, 2.75) is 19.9 Å². The van der Waals surface area contributed by atoms with Crippen molar-refractivity contribution in [3.05, 3.63) is 35.5 Å². The van der Waals surface area contributed by atoms with E-state index in [9.17, 15) is 9.90 Å². The summed E-state index contributed by atoms with van der Waals surface area (Å²) in [7, 11) is 0. The summed E-state index contributed by atoms with van der Waals surface area (Å²) in [6.07, 6.45) is 2.71. The zero-order valence-corrected chi connectivity index (χ0v) is 9.81. The number of carboxylic acid groups (broad SMARTS) is 1. The van der Waals surface area contributed by atoms with Crippen molar-refractivity contribution in [2.75, 3.05) is 6.54 Å². The Morgan fingerprint density at radius 3 is 2.82 bits per heavy atom. The maximum atomic E-state index is 11.2. The highest BCUT2D eigenvalue weighted by Crippen LogP contribution is 2.25. The van der Waals surface area contributed by atoms with Gasteiger partial charge in [0.1, 0.15) is 0 Å². The lowest BCUT2D eigenvalue weighted by atomic mass is 10.0. The molecule has 1 aromatic heterocycles. The number of hydrogen-bond acceptors (Lipinski definition) is 2. The van der Waals surface area contributed by atoms with E-state index < -0.39 is 5.97 Å². The number of aromatic carboxylic acids is 1. The van der Waals surface area contributed by atoms with E-state index in [-0.39, 0.29) is 0 Å². The number of aryl methyl sites for hydroxylation is 1. The number of hydrogen-bond donors (Lipinski definition) is 2. The van der Waals surface area contributed by atoms with Crippen molar-refractivity contribution in [3.8, 4) is 0 Å². The van der Waals surface area contributed by atoms with Gasteiger partial charge in [-0.15, -0.1) is 0 Å². The van der Waals surface area contributed by atoms with Crippen LogP contribution in [0.5, 0.6) is 0 Å². The molecule has 90 valence electrons. The van der Waals surface area contributed by atoms with E-state index in [0.29, 0.717) is 18.5 Å². The number of nitrogens with zero attached hydrogens (tertiary/aromatic N) is 1. The lowest BCUT2D eigenvalue weighted by Crippen LogP contribution is -2.04. The molecule has 0 atom stereocenters. The standard InChI is InChI=1S/C13H16N2O2/c1-2-15-8-9(6-7-14)12-10(13(16)17)4-3-5-11(12)15/h3-5,8H,2,6-7,14H2,1H3,(H,16,17). The Bertz CT molecular complexity index is 558. The molecule has 0 unspecified atom stereocenters. The fourth-order valence-corrected chi connectivity index (χ4v) is 2.22. The Morgan fingerprint density at radius 1 is 1.47 bits per heavy atom. The lowest BCUT2D eigenvalue weighted by molar-refractivity contribution is 0.0699. The average Bonchev–Trinajstić information content (AvgIpc) is 2.68. The lowest BCUT2D eigenvalue weighted by Gasteiger charge is -2.02. The predicted molar refractivity (Wildman–Crippen MR) is 67.3 cm³/mol.